The average molecular weight is 421 g/mol. The number of unbranched alkanes of at least 4 members (excludes halogenated alkanes) is 9. The van der Waals surface area contributed by atoms with Crippen LogP contribution in [0.2, 0.25) is 0 Å². The van der Waals surface area contributed by atoms with E-state index in [1.54, 1.807) is 0 Å². The minimum atomic E-state index is -0.0906. The van der Waals surface area contributed by atoms with Crippen LogP contribution in [0, 0.1) is 6.92 Å². The second-order valence-electron chi connectivity index (χ2n) is 10.1. The van der Waals surface area contributed by atoms with Gasteiger partial charge in [0.15, 0.2) is 0 Å². The summed E-state index contributed by atoms with van der Waals surface area (Å²) in [5.74, 6) is 0.421. The van der Waals surface area contributed by atoms with Crippen LogP contribution in [0.1, 0.15) is 135 Å². The van der Waals surface area contributed by atoms with Gasteiger partial charge < -0.3 is 5.11 Å². The fourth-order valence-electron chi connectivity index (χ4n) is 4.51. The van der Waals surface area contributed by atoms with Crippen LogP contribution in [-0.2, 0) is 10.2 Å². The molecule has 0 amide bonds. The number of rotatable bonds is 14. The van der Waals surface area contributed by atoms with Crippen LogP contribution >= 0.6 is 12.6 Å². The lowest BCUT2D eigenvalue weighted by atomic mass is 9.79. The summed E-state index contributed by atoms with van der Waals surface area (Å²) in [6.07, 6.45) is 17.0. The van der Waals surface area contributed by atoms with Crippen LogP contribution in [0.25, 0.3) is 0 Å². The second-order valence-corrected chi connectivity index (χ2v) is 11.0. The van der Waals surface area contributed by atoms with E-state index in [4.69, 9.17) is 12.6 Å². The summed E-state index contributed by atoms with van der Waals surface area (Å²) in [5, 5.41) is 10.5. The van der Waals surface area contributed by atoms with Gasteiger partial charge in [0, 0.05) is 4.75 Å². The summed E-state index contributed by atoms with van der Waals surface area (Å²) >= 11 is 5.24. The van der Waals surface area contributed by atoms with Crippen molar-refractivity contribution in [2.75, 3.05) is 0 Å². The first-order chi connectivity index (χ1) is 13.7. The van der Waals surface area contributed by atoms with Crippen LogP contribution < -0.4 is 0 Å². The van der Waals surface area contributed by atoms with Gasteiger partial charge in [0.25, 0.3) is 0 Å². The summed E-state index contributed by atoms with van der Waals surface area (Å²) in [5.41, 5.74) is 3.47. The summed E-state index contributed by atoms with van der Waals surface area (Å²) in [4.78, 5) is 0. The van der Waals surface area contributed by atoms with E-state index in [-0.39, 0.29) is 10.2 Å². The summed E-state index contributed by atoms with van der Waals surface area (Å²) < 4.78 is -0.0906. The van der Waals surface area contributed by atoms with E-state index in [9.17, 15) is 5.11 Å². The highest BCUT2D eigenvalue weighted by atomic mass is 32.1. The molecule has 0 spiro atoms. The third-order valence-electron chi connectivity index (χ3n) is 6.26. The molecule has 0 fully saturated rings. The number of hydrogen-bond acceptors (Lipinski definition) is 2. The largest absolute Gasteiger partial charge is 0.508 e. The summed E-state index contributed by atoms with van der Waals surface area (Å²) in [6.45, 7) is 13.2. The predicted octanol–water partition coefficient (Wildman–Crippen LogP) is 9.23. The maximum atomic E-state index is 10.5. The third-order valence-corrected chi connectivity index (χ3v) is 6.95. The summed E-state index contributed by atoms with van der Waals surface area (Å²) in [6, 6.07) is 4.19. The number of benzene rings is 1. The molecule has 0 radical (unpaired) electrons. The Bertz CT molecular complexity index is 587. The third kappa shape index (κ3) is 8.95. The molecule has 0 saturated heterocycles. The number of phenolic OH excluding ortho intramolecular Hbond substituents is 1. The van der Waals surface area contributed by atoms with Gasteiger partial charge in [-0.25, -0.2) is 0 Å². The molecule has 1 atom stereocenters. The number of phenols is 1. The van der Waals surface area contributed by atoms with Crippen LogP contribution in [0.15, 0.2) is 12.1 Å². The molecular weight excluding hydrogens is 372 g/mol. The van der Waals surface area contributed by atoms with Crippen LogP contribution in [0.4, 0.5) is 0 Å². The molecule has 0 aromatic heterocycles. The lowest BCUT2D eigenvalue weighted by Crippen LogP contribution is -2.22. The van der Waals surface area contributed by atoms with Gasteiger partial charge in [0.1, 0.15) is 5.75 Å². The van der Waals surface area contributed by atoms with E-state index < -0.39 is 0 Å². The molecule has 0 aliphatic rings. The zero-order valence-electron chi connectivity index (χ0n) is 20.2. The van der Waals surface area contributed by atoms with Crippen molar-refractivity contribution in [1.82, 2.24) is 0 Å². The molecule has 2 heteroatoms. The van der Waals surface area contributed by atoms with E-state index in [1.807, 2.05) is 6.07 Å². The maximum absolute atomic E-state index is 10.5. The minimum absolute atomic E-state index is 0.0649. The Morgan fingerprint density at radius 2 is 1.24 bits per heavy atom. The number of aromatic hydroxyl groups is 1. The molecule has 29 heavy (non-hydrogen) atoms. The van der Waals surface area contributed by atoms with Crippen molar-refractivity contribution >= 4 is 12.6 Å². The molecule has 1 nitrogen and oxygen atoms in total. The minimum Gasteiger partial charge on any atom is -0.508 e. The van der Waals surface area contributed by atoms with E-state index in [1.165, 1.54) is 75.3 Å². The van der Waals surface area contributed by atoms with Crippen LogP contribution in [0.3, 0.4) is 0 Å². The standard InChI is InChI=1S/C27H48OS/c1-7-9-10-11-12-13-14-15-16-17-19-27(29,18-8-2)23-21-24(26(4,5)6)25(28)20-22(23)3/h20-21,28-29H,7-19H2,1-6H3. The molecule has 0 heterocycles. The number of thiol groups is 1. The molecule has 0 saturated carbocycles. The van der Waals surface area contributed by atoms with Crippen molar-refractivity contribution in [1.29, 1.82) is 0 Å². The first kappa shape index (κ1) is 26.4. The lowest BCUT2D eigenvalue weighted by Gasteiger charge is -2.33. The highest BCUT2D eigenvalue weighted by Gasteiger charge is 2.30. The molecule has 168 valence electrons. The normalized spacial score (nSPS) is 14.2. The van der Waals surface area contributed by atoms with Gasteiger partial charge in [-0.3, -0.25) is 0 Å². The van der Waals surface area contributed by atoms with Gasteiger partial charge in [-0.1, -0.05) is 105 Å². The van der Waals surface area contributed by atoms with E-state index in [0.29, 0.717) is 5.75 Å². The quantitative estimate of drug-likeness (QED) is 0.227. The van der Waals surface area contributed by atoms with Crippen molar-refractivity contribution in [2.45, 2.75) is 135 Å². The van der Waals surface area contributed by atoms with Gasteiger partial charge in [0.05, 0.1) is 0 Å². The van der Waals surface area contributed by atoms with E-state index >= 15 is 0 Å². The van der Waals surface area contributed by atoms with Crippen molar-refractivity contribution in [3.63, 3.8) is 0 Å². The zero-order chi connectivity index (χ0) is 21.9. The molecular formula is C27H48OS. The monoisotopic (exact) mass is 420 g/mol. The Balaban J connectivity index is 2.64. The Morgan fingerprint density at radius 1 is 0.724 bits per heavy atom. The van der Waals surface area contributed by atoms with Crippen molar-refractivity contribution in [3.8, 4) is 5.75 Å². The van der Waals surface area contributed by atoms with Gasteiger partial charge in [0.2, 0.25) is 0 Å². The Kier molecular flexibility index (Phi) is 11.8. The van der Waals surface area contributed by atoms with Crippen LogP contribution in [0.5, 0.6) is 5.75 Å². The Hall–Kier alpha value is -0.630. The SMILES string of the molecule is CCCCCCCCCCCCC(S)(CCC)c1cc(C(C)(C)C)c(O)cc1C. The topological polar surface area (TPSA) is 20.2 Å². The van der Waals surface area contributed by atoms with Crippen molar-refractivity contribution < 1.29 is 5.11 Å². The Morgan fingerprint density at radius 3 is 1.72 bits per heavy atom. The summed E-state index contributed by atoms with van der Waals surface area (Å²) in [7, 11) is 0. The molecule has 1 N–H and O–H groups in total. The molecule has 0 bridgehead atoms. The maximum Gasteiger partial charge on any atom is 0.119 e. The highest BCUT2D eigenvalue weighted by molar-refractivity contribution is 7.81. The smallest absolute Gasteiger partial charge is 0.119 e. The zero-order valence-corrected chi connectivity index (χ0v) is 21.1. The number of aryl methyl sites for hydroxylation is 1. The molecule has 1 aromatic rings. The van der Waals surface area contributed by atoms with E-state index in [2.05, 4.69) is 47.6 Å². The van der Waals surface area contributed by atoms with Crippen molar-refractivity contribution in [2.24, 2.45) is 0 Å². The molecule has 0 aliphatic carbocycles. The van der Waals surface area contributed by atoms with Crippen molar-refractivity contribution in [3.05, 3.63) is 28.8 Å². The average Bonchev–Trinajstić information content (AvgIpc) is 2.62. The highest BCUT2D eigenvalue weighted by Crippen LogP contribution is 2.44. The van der Waals surface area contributed by atoms with Gasteiger partial charge in [-0.2, -0.15) is 12.6 Å². The van der Waals surface area contributed by atoms with Gasteiger partial charge in [-0.05, 0) is 54.0 Å². The Labute approximate surface area is 187 Å². The molecule has 1 rings (SSSR count). The second kappa shape index (κ2) is 12.9. The number of hydrogen-bond donors (Lipinski definition) is 2. The first-order valence-corrected chi connectivity index (χ1v) is 12.7. The van der Waals surface area contributed by atoms with Gasteiger partial charge in [-0.15, -0.1) is 0 Å². The molecule has 1 aromatic carbocycles. The van der Waals surface area contributed by atoms with Crippen LogP contribution in [-0.4, -0.2) is 5.11 Å². The molecule has 1 unspecified atom stereocenters. The van der Waals surface area contributed by atoms with Gasteiger partial charge >= 0.3 is 0 Å². The first-order valence-electron chi connectivity index (χ1n) is 12.2. The fourth-order valence-corrected chi connectivity index (χ4v) is 5.13. The fraction of sp³-hybridized carbons (Fsp3) is 0.778. The lowest BCUT2D eigenvalue weighted by molar-refractivity contribution is 0.440. The predicted molar refractivity (Wildman–Crippen MR) is 134 cm³/mol. The van der Waals surface area contributed by atoms with E-state index in [0.717, 1.165) is 24.8 Å². The molecule has 0 aliphatic heterocycles.